The molecule has 206 valence electrons. The predicted molar refractivity (Wildman–Crippen MR) is 140 cm³/mol. The highest BCUT2D eigenvalue weighted by molar-refractivity contribution is 5.94. The molecule has 11 heteroatoms. The predicted octanol–water partition coefficient (Wildman–Crippen LogP) is 0.0821. The van der Waals surface area contributed by atoms with Gasteiger partial charge in [-0.3, -0.25) is 14.4 Å². The summed E-state index contributed by atoms with van der Waals surface area (Å²) < 4.78 is 0. The Bertz CT molecular complexity index is 1080. The third-order valence-electron chi connectivity index (χ3n) is 5.78. The molecular formula is C27H36N4O7. The fourth-order valence-corrected chi connectivity index (χ4v) is 3.74. The summed E-state index contributed by atoms with van der Waals surface area (Å²) in [6, 6.07) is 10.1. The van der Waals surface area contributed by atoms with Gasteiger partial charge >= 0.3 is 5.97 Å². The first-order chi connectivity index (χ1) is 18.0. The monoisotopic (exact) mass is 528 g/mol. The van der Waals surface area contributed by atoms with Gasteiger partial charge in [0.15, 0.2) is 0 Å². The lowest BCUT2D eigenvalue weighted by molar-refractivity contribution is -0.142. The van der Waals surface area contributed by atoms with Crippen molar-refractivity contribution in [3.63, 3.8) is 0 Å². The van der Waals surface area contributed by atoms with Crippen LogP contribution in [0.25, 0.3) is 0 Å². The zero-order chi connectivity index (χ0) is 28.2. The van der Waals surface area contributed by atoms with Gasteiger partial charge in [-0.1, -0.05) is 56.3 Å². The van der Waals surface area contributed by atoms with Crippen LogP contribution in [0.3, 0.4) is 0 Å². The van der Waals surface area contributed by atoms with Crippen LogP contribution in [0, 0.1) is 5.92 Å². The number of phenolic OH excluding ortho intramolecular Hbond substituents is 1. The van der Waals surface area contributed by atoms with E-state index in [9.17, 15) is 34.5 Å². The topological polar surface area (TPSA) is 191 Å². The van der Waals surface area contributed by atoms with Crippen molar-refractivity contribution in [3.8, 4) is 5.75 Å². The third kappa shape index (κ3) is 9.83. The summed E-state index contributed by atoms with van der Waals surface area (Å²) in [6.07, 6.45) is 0.284. The first kappa shape index (κ1) is 30.3. The van der Waals surface area contributed by atoms with E-state index in [-0.39, 0.29) is 30.9 Å². The van der Waals surface area contributed by atoms with Gasteiger partial charge in [-0.25, -0.2) is 4.79 Å². The molecule has 11 nitrogen and oxygen atoms in total. The number of nitrogens with one attached hydrogen (secondary N) is 3. The van der Waals surface area contributed by atoms with Gasteiger partial charge in [0, 0.05) is 12.8 Å². The molecule has 0 aliphatic rings. The van der Waals surface area contributed by atoms with Gasteiger partial charge in [-0.2, -0.15) is 0 Å². The molecule has 8 N–H and O–H groups in total. The number of hydrogen-bond donors (Lipinski definition) is 7. The maximum absolute atomic E-state index is 13.3. The van der Waals surface area contributed by atoms with Gasteiger partial charge in [-0.15, -0.1) is 0 Å². The third-order valence-corrected chi connectivity index (χ3v) is 5.78. The van der Waals surface area contributed by atoms with Crippen molar-refractivity contribution in [2.24, 2.45) is 11.7 Å². The smallest absolute Gasteiger partial charge is 0.326 e. The molecule has 2 aromatic rings. The number of rotatable bonds is 14. The highest BCUT2D eigenvalue weighted by Crippen LogP contribution is 2.13. The average Bonchev–Trinajstić information content (AvgIpc) is 2.88. The molecule has 4 atom stereocenters. The van der Waals surface area contributed by atoms with E-state index in [2.05, 4.69) is 16.0 Å². The number of amides is 3. The first-order valence-corrected chi connectivity index (χ1v) is 12.3. The van der Waals surface area contributed by atoms with Crippen molar-refractivity contribution in [2.75, 3.05) is 6.61 Å². The lowest BCUT2D eigenvalue weighted by Gasteiger charge is -2.26. The SMILES string of the molecule is CC(C)CC(NC(=O)C(Cc1ccc(O)cc1)NC(=O)C(N)CO)C(=O)NC(Cc1ccccc1)C(=O)O. The minimum Gasteiger partial charge on any atom is -0.508 e. The summed E-state index contributed by atoms with van der Waals surface area (Å²) in [5.74, 6) is -3.34. The van der Waals surface area contributed by atoms with Crippen molar-refractivity contribution in [2.45, 2.75) is 57.3 Å². The number of nitrogens with two attached hydrogens (primary N) is 1. The molecule has 4 unspecified atom stereocenters. The number of carboxylic acids is 1. The molecule has 0 radical (unpaired) electrons. The molecule has 0 heterocycles. The van der Waals surface area contributed by atoms with E-state index in [4.69, 9.17) is 5.73 Å². The van der Waals surface area contributed by atoms with Crippen LogP contribution in [0.2, 0.25) is 0 Å². The number of carboxylic acid groups (broad SMARTS) is 1. The Kier molecular flexibility index (Phi) is 11.7. The summed E-state index contributed by atoms with van der Waals surface area (Å²) >= 11 is 0. The van der Waals surface area contributed by atoms with Crippen molar-refractivity contribution >= 4 is 23.7 Å². The number of benzene rings is 2. The molecule has 2 aromatic carbocycles. The molecule has 0 aliphatic heterocycles. The minimum absolute atomic E-state index is 0.0117. The molecule has 38 heavy (non-hydrogen) atoms. The highest BCUT2D eigenvalue weighted by atomic mass is 16.4. The lowest BCUT2D eigenvalue weighted by Crippen LogP contribution is -2.58. The number of carbonyl (C=O) groups is 4. The number of aliphatic hydroxyl groups excluding tert-OH is 1. The van der Waals surface area contributed by atoms with E-state index in [0.29, 0.717) is 5.56 Å². The van der Waals surface area contributed by atoms with E-state index in [1.165, 1.54) is 12.1 Å². The van der Waals surface area contributed by atoms with Crippen LogP contribution in [0.1, 0.15) is 31.4 Å². The van der Waals surface area contributed by atoms with Gasteiger partial charge in [0.2, 0.25) is 17.7 Å². The number of phenols is 1. The second kappa shape index (κ2) is 14.7. The van der Waals surface area contributed by atoms with Crippen molar-refractivity contribution < 1.29 is 34.5 Å². The Labute approximate surface area is 221 Å². The number of aliphatic hydroxyl groups is 1. The molecule has 0 fully saturated rings. The zero-order valence-corrected chi connectivity index (χ0v) is 21.5. The van der Waals surface area contributed by atoms with Crippen LogP contribution in [0.5, 0.6) is 5.75 Å². The summed E-state index contributed by atoms with van der Waals surface area (Å²) in [5, 5.41) is 36.1. The van der Waals surface area contributed by atoms with Gasteiger partial charge in [-0.05, 0) is 35.6 Å². The van der Waals surface area contributed by atoms with E-state index in [1.807, 2.05) is 13.8 Å². The van der Waals surface area contributed by atoms with Crippen molar-refractivity contribution in [1.82, 2.24) is 16.0 Å². The average molecular weight is 529 g/mol. The Morgan fingerprint density at radius 3 is 1.82 bits per heavy atom. The summed E-state index contributed by atoms with van der Waals surface area (Å²) in [6.45, 7) is 3.07. The molecule has 3 amide bonds. The number of aromatic hydroxyl groups is 1. The van der Waals surface area contributed by atoms with Crippen LogP contribution < -0.4 is 21.7 Å². The number of hydrogen-bond acceptors (Lipinski definition) is 7. The van der Waals surface area contributed by atoms with Crippen molar-refractivity contribution in [1.29, 1.82) is 0 Å². The van der Waals surface area contributed by atoms with Gasteiger partial charge in [0.1, 0.15) is 29.9 Å². The quantitative estimate of drug-likeness (QED) is 0.179. The molecular weight excluding hydrogens is 492 g/mol. The Balaban J connectivity index is 2.22. The first-order valence-electron chi connectivity index (χ1n) is 12.3. The van der Waals surface area contributed by atoms with Crippen molar-refractivity contribution in [3.05, 3.63) is 65.7 Å². The zero-order valence-electron chi connectivity index (χ0n) is 21.5. The fraction of sp³-hybridized carbons (Fsp3) is 0.407. The minimum atomic E-state index is -1.26. The maximum atomic E-state index is 13.3. The fourth-order valence-electron chi connectivity index (χ4n) is 3.74. The van der Waals surface area contributed by atoms with Gasteiger partial charge < -0.3 is 37.0 Å². The second-order valence-electron chi connectivity index (χ2n) is 9.50. The van der Waals surface area contributed by atoms with E-state index in [0.717, 1.165) is 5.56 Å². The molecule has 0 bridgehead atoms. The van der Waals surface area contributed by atoms with Gasteiger partial charge in [0.05, 0.1) is 6.61 Å². The molecule has 0 saturated carbocycles. The van der Waals surface area contributed by atoms with Crippen LogP contribution >= 0.6 is 0 Å². The summed E-state index contributed by atoms with van der Waals surface area (Å²) in [5.41, 5.74) is 6.93. The van der Waals surface area contributed by atoms with Crippen LogP contribution in [-0.2, 0) is 32.0 Å². The Hall–Kier alpha value is -3.96. The Morgan fingerprint density at radius 1 is 0.763 bits per heavy atom. The maximum Gasteiger partial charge on any atom is 0.326 e. The van der Waals surface area contributed by atoms with E-state index in [1.54, 1.807) is 42.5 Å². The normalized spacial score (nSPS) is 14.1. The standard InChI is InChI=1S/C27H36N4O7/c1-16(2)12-21(25(35)31-23(27(37)38)14-17-6-4-3-5-7-17)30-26(36)22(29-24(34)20(28)15-32)13-18-8-10-19(33)11-9-18/h3-11,16,20-23,32-33H,12-15,28H2,1-2H3,(H,29,34)(H,30,36)(H,31,35)(H,37,38). The molecule has 2 rings (SSSR count). The second-order valence-corrected chi connectivity index (χ2v) is 9.50. The van der Waals surface area contributed by atoms with Crippen LogP contribution in [-0.4, -0.2) is 69.8 Å². The van der Waals surface area contributed by atoms with Gasteiger partial charge in [0.25, 0.3) is 0 Å². The van der Waals surface area contributed by atoms with E-state index >= 15 is 0 Å². The van der Waals surface area contributed by atoms with Crippen LogP contribution in [0.4, 0.5) is 0 Å². The summed E-state index contributed by atoms with van der Waals surface area (Å²) in [7, 11) is 0. The largest absolute Gasteiger partial charge is 0.508 e. The summed E-state index contributed by atoms with van der Waals surface area (Å²) in [4.78, 5) is 50.7. The van der Waals surface area contributed by atoms with Crippen LogP contribution in [0.15, 0.2) is 54.6 Å². The molecule has 0 aromatic heterocycles. The number of carbonyl (C=O) groups excluding carboxylic acids is 3. The molecule has 0 spiro atoms. The Morgan fingerprint density at radius 2 is 1.26 bits per heavy atom. The lowest BCUT2D eigenvalue weighted by atomic mass is 10.00. The number of aliphatic carboxylic acids is 1. The van der Waals surface area contributed by atoms with E-state index < -0.39 is 54.5 Å². The molecule has 0 saturated heterocycles. The molecule has 0 aliphatic carbocycles. The highest BCUT2D eigenvalue weighted by Gasteiger charge is 2.31.